The molecule has 0 radical (unpaired) electrons. The van der Waals surface area contributed by atoms with E-state index >= 15 is 0 Å². The minimum Gasteiger partial charge on any atom is -0.437 e. The van der Waals surface area contributed by atoms with Crippen molar-refractivity contribution in [3.05, 3.63) is 66.1 Å². The van der Waals surface area contributed by atoms with Crippen LogP contribution in [0.25, 0.3) is 17.2 Å². The molecule has 0 spiro atoms. The van der Waals surface area contributed by atoms with E-state index in [9.17, 15) is 4.79 Å². The van der Waals surface area contributed by atoms with Gasteiger partial charge in [-0.05, 0) is 29.7 Å². The Morgan fingerprint density at radius 1 is 1.13 bits per heavy atom. The normalized spacial score (nSPS) is 11.4. The Kier molecular flexibility index (Phi) is 4.24. The molecule has 1 aromatic heterocycles. The molecule has 0 unspecified atom stereocenters. The lowest BCUT2D eigenvalue weighted by atomic mass is 10.0. The van der Waals surface area contributed by atoms with Crippen LogP contribution in [0.4, 0.5) is 5.69 Å². The van der Waals surface area contributed by atoms with Crippen LogP contribution in [-0.2, 0) is 4.79 Å². The Labute approximate surface area is 134 Å². The standard InChI is InChI=1S/C19H18N2O2/c1-13(2)14-7-3-4-8-15(14)20-18(22)11-12-19-21-16-9-5-6-10-17(16)23-19/h3-13H,1-2H3,(H,20,22)/b12-11+. The number of carbonyl (C=O) groups is 1. The van der Waals surface area contributed by atoms with Gasteiger partial charge in [-0.15, -0.1) is 0 Å². The van der Waals surface area contributed by atoms with Gasteiger partial charge in [0, 0.05) is 17.8 Å². The molecule has 1 heterocycles. The van der Waals surface area contributed by atoms with Crippen LogP contribution < -0.4 is 5.32 Å². The van der Waals surface area contributed by atoms with Gasteiger partial charge >= 0.3 is 0 Å². The number of hydrogen-bond acceptors (Lipinski definition) is 3. The molecule has 0 atom stereocenters. The third-order valence-electron chi connectivity index (χ3n) is 3.53. The summed E-state index contributed by atoms with van der Waals surface area (Å²) < 4.78 is 5.55. The van der Waals surface area contributed by atoms with E-state index < -0.39 is 0 Å². The summed E-state index contributed by atoms with van der Waals surface area (Å²) >= 11 is 0. The van der Waals surface area contributed by atoms with Gasteiger partial charge in [0.15, 0.2) is 5.58 Å². The number of fused-ring (bicyclic) bond motifs is 1. The molecular formula is C19H18N2O2. The van der Waals surface area contributed by atoms with E-state index in [1.807, 2.05) is 48.5 Å². The summed E-state index contributed by atoms with van der Waals surface area (Å²) in [6.07, 6.45) is 3.01. The Balaban J connectivity index is 1.74. The lowest BCUT2D eigenvalue weighted by molar-refractivity contribution is -0.111. The largest absolute Gasteiger partial charge is 0.437 e. The zero-order valence-corrected chi connectivity index (χ0v) is 13.1. The van der Waals surface area contributed by atoms with E-state index in [1.165, 1.54) is 6.08 Å². The SMILES string of the molecule is CC(C)c1ccccc1NC(=O)/C=C/c1nc2ccccc2o1. The molecule has 3 aromatic rings. The average molecular weight is 306 g/mol. The Bertz CT molecular complexity index is 829. The van der Waals surface area contributed by atoms with Gasteiger partial charge in [0.1, 0.15) is 5.52 Å². The predicted molar refractivity (Wildman–Crippen MR) is 92.2 cm³/mol. The molecule has 1 amide bonds. The highest BCUT2D eigenvalue weighted by atomic mass is 16.3. The minimum absolute atomic E-state index is 0.208. The highest BCUT2D eigenvalue weighted by Gasteiger charge is 2.08. The highest BCUT2D eigenvalue weighted by molar-refractivity contribution is 6.02. The Morgan fingerprint density at radius 2 is 1.87 bits per heavy atom. The van der Waals surface area contributed by atoms with Crippen LogP contribution in [0.2, 0.25) is 0 Å². The molecular weight excluding hydrogens is 288 g/mol. The van der Waals surface area contributed by atoms with E-state index in [-0.39, 0.29) is 5.91 Å². The van der Waals surface area contributed by atoms with Crippen molar-refractivity contribution in [2.75, 3.05) is 5.32 Å². The van der Waals surface area contributed by atoms with Crippen molar-refractivity contribution in [3.8, 4) is 0 Å². The third-order valence-corrected chi connectivity index (χ3v) is 3.53. The van der Waals surface area contributed by atoms with Crippen LogP contribution in [-0.4, -0.2) is 10.9 Å². The monoisotopic (exact) mass is 306 g/mol. The first-order chi connectivity index (χ1) is 11.1. The van der Waals surface area contributed by atoms with E-state index in [0.29, 0.717) is 17.4 Å². The second kappa shape index (κ2) is 6.48. The maximum atomic E-state index is 12.1. The van der Waals surface area contributed by atoms with Crippen molar-refractivity contribution >= 4 is 28.8 Å². The first-order valence-electron chi connectivity index (χ1n) is 7.57. The fourth-order valence-corrected chi connectivity index (χ4v) is 2.40. The first kappa shape index (κ1) is 15.0. The molecule has 0 aliphatic carbocycles. The lowest BCUT2D eigenvalue weighted by Crippen LogP contribution is -2.10. The molecule has 0 saturated heterocycles. The number of rotatable bonds is 4. The number of para-hydroxylation sites is 3. The maximum absolute atomic E-state index is 12.1. The molecule has 0 saturated carbocycles. The fraction of sp³-hybridized carbons (Fsp3) is 0.158. The summed E-state index contributed by atoms with van der Waals surface area (Å²) in [5.74, 6) is 0.548. The molecule has 2 aromatic carbocycles. The zero-order chi connectivity index (χ0) is 16.2. The maximum Gasteiger partial charge on any atom is 0.248 e. The number of amides is 1. The van der Waals surface area contributed by atoms with Crippen LogP contribution in [0, 0.1) is 0 Å². The summed E-state index contributed by atoms with van der Waals surface area (Å²) in [6.45, 7) is 4.19. The second-order valence-electron chi connectivity index (χ2n) is 5.58. The second-order valence-corrected chi connectivity index (χ2v) is 5.58. The molecule has 4 heteroatoms. The highest BCUT2D eigenvalue weighted by Crippen LogP contribution is 2.23. The topological polar surface area (TPSA) is 55.1 Å². The summed E-state index contributed by atoms with van der Waals surface area (Å²) in [5, 5.41) is 2.90. The smallest absolute Gasteiger partial charge is 0.248 e. The molecule has 0 aliphatic rings. The number of anilines is 1. The van der Waals surface area contributed by atoms with Crippen LogP contribution in [0.5, 0.6) is 0 Å². The minimum atomic E-state index is -0.208. The predicted octanol–water partition coefficient (Wildman–Crippen LogP) is 4.60. The fourth-order valence-electron chi connectivity index (χ4n) is 2.40. The van der Waals surface area contributed by atoms with E-state index in [2.05, 4.69) is 24.1 Å². The number of hydrogen-bond donors (Lipinski definition) is 1. The quantitative estimate of drug-likeness (QED) is 0.716. The third kappa shape index (κ3) is 3.48. The molecule has 23 heavy (non-hydrogen) atoms. The van der Waals surface area contributed by atoms with Crippen LogP contribution in [0.15, 0.2) is 59.0 Å². The van der Waals surface area contributed by atoms with Crippen molar-refractivity contribution < 1.29 is 9.21 Å². The van der Waals surface area contributed by atoms with Gasteiger partial charge in [0.05, 0.1) is 0 Å². The van der Waals surface area contributed by atoms with Gasteiger partial charge < -0.3 is 9.73 Å². The van der Waals surface area contributed by atoms with Crippen molar-refractivity contribution in [2.24, 2.45) is 0 Å². The molecule has 0 bridgehead atoms. The van der Waals surface area contributed by atoms with Gasteiger partial charge in [-0.25, -0.2) is 4.98 Å². The number of nitrogens with zero attached hydrogens (tertiary/aromatic N) is 1. The summed E-state index contributed by atoms with van der Waals surface area (Å²) in [7, 11) is 0. The summed E-state index contributed by atoms with van der Waals surface area (Å²) in [6, 6.07) is 15.3. The van der Waals surface area contributed by atoms with Gasteiger partial charge in [-0.3, -0.25) is 4.79 Å². The van der Waals surface area contributed by atoms with E-state index in [0.717, 1.165) is 16.8 Å². The Morgan fingerprint density at radius 3 is 2.65 bits per heavy atom. The number of carbonyl (C=O) groups excluding carboxylic acids is 1. The van der Waals surface area contributed by atoms with Crippen LogP contribution in [0.1, 0.15) is 31.2 Å². The first-order valence-corrected chi connectivity index (χ1v) is 7.57. The number of nitrogens with one attached hydrogen (secondary N) is 1. The molecule has 3 rings (SSSR count). The van der Waals surface area contributed by atoms with Crippen LogP contribution >= 0.6 is 0 Å². The average Bonchev–Trinajstić information content (AvgIpc) is 2.96. The van der Waals surface area contributed by atoms with Gasteiger partial charge in [0.2, 0.25) is 11.8 Å². The van der Waals surface area contributed by atoms with Crippen LogP contribution in [0.3, 0.4) is 0 Å². The summed E-state index contributed by atoms with van der Waals surface area (Å²) in [4.78, 5) is 16.4. The van der Waals surface area contributed by atoms with E-state index in [1.54, 1.807) is 6.08 Å². The molecule has 116 valence electrons. The zero-order valence-electron chi connectivity index (χ0n) is 13.1. The van der Waals surface area contributed by atoms with Crippen molar-refractivity contribution in [1.29, 1.82) is 0 Å². The molecule has 4 nitrogen and oxygen atoms in total. The lowest BCUT2D eigenvalue weighted by Gasteiger charge is -2.12. The van der Waals surface area contributed by atoms with Crippen molar-refractivity contribution in [3.63, 3.8) is 0 Å². The van der Waals surface area contributed by atoms with Gasteiger partial charge in [-0.2, -0.15) is 0 Å². The molecule has 0 fully saturated rings. The summed E-state index contributed by atoms with van der Waals surface area (Å²) in [5.41, 5.74) is 3.42. The Hall–Kier alpha value is -2.88. The van der Waals surface area contributed by atoms with E-state index in [4.69, 9.17) is 4.42 Å². The van der Waals surface area contributed by atoms with Crippen molar-refractivity contribution in [2.45, 2.75) is 19.8 Å². The van der Waals surface area contributed by atoms with Gasteiger partial charge in [-0.1, -0.05) is 44.2 Å². The van der Waals surface area contributed by atoms with Crippen molar-refractivity contribution in [1.82, 2.24) is 4.98 Å². The molecule has 0 aliphatic heterocycles. The number of benzene rings is 2. The number of aromatic nitrogens is 1. The molecule has 1 N–H and O–H groups in total. The van der Waals surface area contributed by atoms with Gasteiger partial charge in [0.25, 0.3) is 0 Å². The number of oxazole rings is 1.